The number of alkyl halides is 1. The summed E-state index contributed by atoms with van der Waals surface area (Å²) < 4.78 is 17.6. The minimum absolute atomic E-state index is 0.231. The standard InChI is InChI=1S/C13H20FNO2/c1-4-11(6-5-10(2)8-16)12(9-17-3)13(15)7-14/h4-6,8,12-13H,2,7,9,15H2,1,3H3/b6-5-,11-4+. The number of hydrogen-bond acceptors (Lipinski definition) is 3. The molecule has 2 N–H and O–H groups in total. The molecule has 0 amide bonds. The lowest BCUT2D eigenvalue weighted by atomic mass is 9.92. The predicted molar refractivity (Wildman–Crippen MR) is 67.4 cm³/mol. The predicted octanol–water partition coefficient (Wildman–Crippen LogP) is 1.80. The van der Waals surface area contributed by atoms with Gasteiger partial charge in [-0.1, -0.05) is 24.8 Å². The van der Waals surface area contributed by atoms with Gasteiger partial charge in [-0.15, -0.1) is 0 Å². The van der Waals surface area contributed by atoms with Crippen molar-refractivity contribution in [1.82, 2.24) is 0 Å². The minimum Gasteiger partial charge on any atom is -0.384 e. The average Bonchev–Trinajstić information content (AvgIpc) is 2.36. The smallest absolute Gasteiger partial charge is 0.149 e. The quantitative estimate of drug-likeness (QED) is 0.400. The normalized spacial score (nSPS) is 15.9. The molecule has 17 heavy (non-hydrogen) atoms. The van der Waals surface area contributed by atoms with Gasteiger partial charge in [0.1, 0.15) is 13.0 Å². The number of methoxy groups -OCH3 is 1. The largest absolute Gasteiger partial charge is 0.384 e. The van der Waals surface area contributed by atoms with Gasteiger partial charge in [-0.2, -0.15) is 0 Å². The number of carbonyl (C=O) groups is 1. The molecule has 0 rings (SSSR count). The molecule has 0 heterocycles. The number of ether oxygens (including phenoxy) is 1. The summed E-state index contributed by atoms with van der Waals surface area (Å²) in [6.07, 6.45) is 5.78. The third-order valence-electron chi connectivity index (χ3n) is 2.44. The molecule has 2 unspecified atom stereocenters. The number of nitrogens with two attached hydrogens (primary N) is 1. The van der Waals surface area contributed by atoms with Crippen LogP contribution >= 0.6 is 0 Å². The van der Waals surface area contributed by atoms with Crippen molar-refractivity contribution in [2.75, 3.05) is 20.4 Å². The van der Waals surface area contributed by atoms with Crippen molar-refractivity contribution in [1.29, 1.82) is 0 Å². The Morgan fingerprint density at radius 2 is 2.18 bits per heavy atom. The highest BCUT2D eigenvalue weighted by Crippen LogP contribution is 2.17. The van der Waals surface area contributed by atoms with Crippen molar-refractivity contribution in [3.8, 4) is 0 Å². The van der Waals surface area contributed by atoms with E-state index in [0.29, 0.717) is 18.5 Å². The SMILES string of the molecule is C=C(C=O)/C=C\C(=C/C)C(COC)C(N)CF. The number of allylic oxidation sites excluding steroid dienone is 4. The van der Waals surface area contributed by atoms with Gasteiger partial charge in [0, 0.05) is 24.6 Å². The maximum atomic E-state index is 12.6. The summed E-state index contributed by atoms with van der Waals surface area (Å²) in [5, 5.41) is 0. The van der Waals surface area contributed by atoms with Crippen LogP contribution in [0.3, 0.4) is 0 Å². The monoisotopic (exact) mass is 241 g/mol. The Labute approximate surface area is 102 Å². The third kappa shape index (κ3) is 5.56. The minimum atomic E-state index is -0.617. The molecule has 0 saturated heterocycles. The van der Waals surface area contributed by atoms with Crippen LogP contribution in [0.2, 0.25) is 0 Å². The summed E-state index contributed by atoms with van der Waals surface area (Å²) in [6.45, 7) is 5.08. The van der Waals surface area contributed by atoms with Crippen LogP contribution < -0.4 is 5.73 Å². The summed E-state index contributed by atoms with van der Waals surface area (Å²) in [5.41, 5.74) is 6.89. The lowest BCUT2D eigenvalue weighted by Gasteiger charge is -2.22. The summed E-state index contributed by atoms with van der Waals surface area (Å²) in [5.74, 6) is -0.231. The second kappa shape index (κ2) is 8.84. The van der Waals surface area contributed by atoms with E-state index in [1.54, 1.807) is 19.3 Å². The van der Waals surface area contributed by atoms with Crippen molar-refractivity contribution in [3.63, 3.8) is 0 Å². The molecule has 0 aliphatic rings. The highest BCUT2D eigenvalue weighted by Gasteiger charge is 2.20. The maximum absolute atomic E-state index is 12.6. The first-order chi connectivity index (χ1) is 8.10. The van der Waals surface area contributed by atoms with Crippen molar-refractivity contribution < 1.29 is 13.9 Å². The van der Waals surface area contributed by atoms with E-state index in [1.165, 1.54) is 0 Å². The topological polar surface area (TPSA) is 52.3 Å². The fraction of sp³-hybridized carbons (Fsp3) is 0.462. The molecule has 96 valence electrons. The van der Waals surface area contributed by atoms with Gasteiger partial charge in [-0.05, 0) is 12.5 Å². The number of halogens is 1. The zero-order chi connectivity index (χ0) is 13.3. The Morgan fingerprint density at radius 1 is 1.53 bits per heavy atom. The molecule has 0 aromatic rings. The Morgan fingerprint density at radius 3 is 2.59 bits per heavy atom. The Balaban J connectivity index is 4.86. The summed E-state index contributed by atoms with van der Waals surface area (Å²) in [7, 11) is 1.54. The highest BCUT2D eigenvalue weighted by atomic mass is 19.1. The Hall–Kier alpha value is -1.26. The fourth-order valence-corrected chi connectivity index (χ4v) is 1.43. The van der Waals surface area contributed by atoms with E-state index in [9.17, 15) is 9.18 Å². The van der Waals surface area contributed by atoms with Gasteiger partial charge in [0.05, 0.1) is 6.61 Å². The lowest BCUT2D eigenvalue weighted by Crippen LogP contribution is -2.35. The molecule has 0 radical (unpaired) electrons. The zero-order valence-electron chi connectivity index (χ0n) is 10.4. The van der Waals surface area contributed by atoms with Crippen LogP contribution in [-0.4, -0.2) is 32.7 Å². The molecule has 0 saturated carbocycles. The lowest BCUT2D eigenvalue weighted by molar-refractivity contribution is -0.104. The first-order valence-corrected chi connectivity index (χ1v) is 5.39. The zero-order valence-corrected chi connectivity index (χ0v) is 10.4. The van der Waals surface area contributed by atoms with Gasteiger partial charge < -0.3 is 10.5 Å². The van der Waals surface area contributed by atoms with Crippen LogP contribution in [0, 0.1) is 5.92 Å². The van der Waals surface area contributed by atoms with Gasteiger partial charge >= 0.3 is 0 Å². The van der Waals surface area contributed by atoms with Crippen LogP contribution in [0.5, 0.6) is 0 Å². The van der Waals surface area contributed by atoms with E-state index in [4.69, 9.17) is 10.5 Å². The van der Waals surface area contributed by atoms with Crippen molar-refractivity contribution in [3.05, 3.63) is 36.0 Å². The first kappa shape index (κ1) is 15.7. The van der Waals surface area contributed by atoms with E-state index in [-0.39, 0.29) is 5.92 Å². The van der Waals surface area contributed by atoms with E-state index >= 15 is 0 Å². The molecule has 0 aromatic heterocycles. The molecule has 2 atom stereocenters. The Bertz CT molecular complexity index is 311. The molecule has 0 fully saturated rings. The molecule has 0 spiro atoms. The molecule has 0 aliphatic heterocycles. The number of aldehydes is 1. The molecule has 0 aromatic carbocycles. The number of carbonyl (C=O) groups excluding carboxylic acids is 1. The summed E-state index contributed by atoms with van der Waals surface area (Å²) >= 11 is 0. The van der Waals surface area contributed by atoms with Crippen molar-refractivity contribution in [2.24, 2.45) is 11.7 Å². The molecular weight excluding hydrogens is 221 g/mol. The van der Waals surface area contributed by atoms with E-state index in [2.05, 4.69) is 6.58 Å². The van der Waals surface area contributed by atoms with Crippen LogP contribution in [-0.2, 0) is 9.53 Å². The van der Waals surface area contributed by atoms with Crippen LogP contribution in [0.4, 0.5) is 4.39 Å². The molecule has 4 heteroatoms. The second-order valence-corrected chi connectivity index (χ2v) is 3.69. The van der Waals surface area contributed by atoms with Crippen molar-refractivity contribution >= 4 is 6.29 Å². The average molecular weight is 241 g/mol. The molecule has 3 nitrogen and oxygen atoms in total. The number of hydrogen-bond donors (Lipinski definition) is 1. The van der Waals surface area contributed by atoms with Crippen molar-refractivity contribution in [2.45, 2.75) is 13.0 Å². The molecule has 0 aliphatic carbocycles. The van der Waals surface area contributed by atoms with Crippen LogP contribution in [0.1, 0.15) is 6.92 Å². The van der Waals surface area contributed by atoms with E-state index < -0.39 is 12.7 Å². The van der Waals surface area contributed by atoms with Gasteiger partial charge in [-0.3, -0.25) is 4.79 Å². The van der Waals surface area contributed by atoms with E-state index in [1.807, 2.05) is 13.0 Å². The second-order valence-electron chi connectivity index (χ2n) is 3.69. The highest BCUT2D eigenvalue weighted by molar-refractivity contribution is 5.76. The van der Waals surface area contributed by atoms with Gasteiger partial charge in [0.25, 0.3) is 0 Å². The van der Waals surface area contributed by atoms with Gasteiger partial charge in [-0.25, -0.2) is 4.39 Å². The van der Waals surface area contributed by atoms with Gasteiger partial charge in [0.15, 0.2) is 0 Å². The summed E-state index contributed by atoms with van der Waals surface area (Å²) in [6, 6.07) is -0.615. The maximum Gasteiger partial charge on any atom is 0.149 e. The molecular formula is C13H20FNO2. The fourth-order valence-electron chi connectivity index (χ4n) is 1.43. The van der Waals surface area contributed by atoms with Crippen LogP contribution in [0.15, 0.2) is 36.0 Å². The van der Waals surface area contributed by atoms with Gasteiger partial charge in [0.2, 0.25) is 0 Å². The van der Waals surface area contributed by atoms with Crippen LogP contribution in [0.25, 0.3) is 0 Å². The number of rotatable bonds is 8. The Kier molecular flexibility index (Phi) is 8.19. The third-order valence-corrected chi connectivity index (χ3v) is 2.44. The summed E-state index contributed by atoms with van der Waals surface area (Å²) in [4.78, 5) is 10.4. The van der Waals surface area contributed by atoms with E-state index in [0.717, 1.165) is 5.57 Å². The molecule has 0 bridgehead atoms. The first-order valence-electron chi connectivity index (χ1n) is 5.39.